The van der Waals surface area contributed by atoms with Crippen molar-refractivity contribution in [2.24, 2.45) is 0 Å². The summed E-state index contributed by atoms with van der Waals surface area (Å²) in [6.07, 6.45) is 3.34. The summed E-state index contributed by atoms with van der Waals surface area (Å²) in [6, 6.07) is 0. The van der Waals surface area contributed by atoms with Crippen LogP contribution in [0.15, 0.2) is 0 Å². The third-order valence-electron chi connectivity index (χ3n) is 3.43. The molecular formula is C13H15ClO3. The zero-order valence-electron chi connectivity index (χ0n) is 9.59. The number of hydrogen-bond acceptors (Lipinski definition) is 3. The summed E-state index contributed by atoms with van der Waals surface area (Å²) in [4.78, 5) is 0. The Labute approximate surface area is 105 Å². The average Bonchev–Trinajstić information content (AvgIpc) is 2.97. The predicted octanol–water partition coefficient (Wildman–Crippen LogP) is 2.13. The van der Waals surface area contributed by atoms with Crippen LogP contribution in [-0.2, 0) is 19.3 Å². The lowest BCUT2D eigenvalue weighted by molar-refractivity contribution is 0.287. The van der Waals surface area contributed by atoms with Crippen LogP contribution in [0.5, 0.6) is 11.5 Å². The van der Waals surface area contributed by atoms with Crippen molar-refractivity contribution in [3.8, 4) is 11.5 Å². The second-order valence-electron chi connectivity index (χ2n) is 4.43. The maximum absolute atomic E-state index is 8.98. The van der Waals surface area contributed by atoms with Crippen LogP contribution in [0.25, 0.3) is 0 Å². The second-order valence-corrected chi connectivity index (χ2v) is 4.81. The highest BCUT2D eigenvalue weighted by molar-refractivity contribution is 6.33. The van der Waals surface area contributed by atoms with E-state index in [1.54, 1.807) is 0 Å². The highest BCUT2D eigenvalue weighted by Crippen LogP contribution is 2.47. The first-order valence-electron chi connectivity index (χ1n) is 6.05. The Morgan fingerprint density at radius 2 is 1.76 bits per heavy atom. The SMILES string of the molecule is OCCCc1c2c(c(Cl)c3c1OCC3)OCC2. The standard InChI is InChI=1S/C13H15ClO3/c14-11-10-4-7-16-12(10)8(2-1-5-15)9-3-6-17-13(9)11/h15H,1-7H2. The molecule has 3 nitrogen and oxygen atoms in total. The van der Waals surface area contributed by atoms with Crippen molar-refractivity contribution in [2.75, 3.05) is 19.8 Å². The fourth-order valence-electron chi connectivity index (χ4n) is 2.67. The van der Waals surface area contributed by atoms with Gasteiger partial charge in [0.1, 0.15) is 11.5 Å². The summed E-state index contributed by atoms with van der Waals surface area (Å²) >= 11 is 6.35. The molecular weight excluding hydrogens is 240 g/mol. The van der Waals surface area contributed by atoms with Gasteiger partial charge < -0.3 is 14.6 Å². The maximum Gasteiger partial charge on any atom is 0.142 e. The van der Waals surface area contributed by atoms with Crippen LogP contribution < -0.4 is 9.47 Å². The normalized spacial score (nSPS) is 16.4. The molecule has 0 saturated carbocycles. The minimum Gasteiger partial charge on any atom is -0.493 e. The van der Waals surface area contributed by atoms with Gasteiger partial charge in [-0.1, -0.05) is 11.6 Å². The van der Waals surface area contributed by atoms with E-state index in [0.717, 1.165) is 47.8 Å². The Bertz CT molecular complexity index is 421. The average molecular weight is 255 g/mol. The Morgan fingerprint density at radius 3 is 2.53 bits per heavy atom. The van der Waals surface area contributed by atoms with Gasteiger partial charge in [0.2, 0.25) is 0 Å². The van der Waals surface area contributed by atoms with Crippen LogP contribution in [0, 0.1) is 0 Å². The number of fused-ring (bicyclic) bond motifs is 2. The van der Waals surface area contributed by atoms with E-state index in [4.69, 9.17) is 26.2 Å². The summed E-state index contributed by atoms with van der Waals surface area (Å²) in [5, 5.41) is 9.72. The van der Waals surface area contributed by atoms with E-state index < -0.39 is 0 Å². The smallest absolute Gasteiger partial charge is 0.142 e. The predicted molar refractivity (Wildman–Crippen MR) is 65.3 cm³/mol. The lowest BCUT2D eigenvalue weighted by Crippen LogP contribution is -1.99. The summed E-state index contributed by atoms with van der Waals surface area (Å²) in [6.45, 7) is 1.60. The second kappa shape index (κ2) is 4.39. The number of aliphatic hydroxyl groups is 1. The molecule has 1 N–H and O–H groups in total. The van der Waals surface area contributed by atoms with Crippen molar-refractivity contribution in [2.45, 2.75) is 25.7 Å². The number of halogens is 1. The zero-order valence-corrected chi connectivity index (χ0v) is 10.3. The van der Waals surface area contributed by atoms with Crippen molar-refractivity contribution in [1.29, 1.82) is 0 Å². The van der Waals surface area contributed by atoms with E-state index in [1.807, 2.05) is 0 Å². The topological polar surface area (TPSA) is 38.7 Å². The largest absolute Gasteiger partial charge is 0.493 e. The van der Waals surface area contributed by atoms with Gasteiger partial charge in [-0.3, -0.25) is 0 Å². The number of rotatable bonds is 3. The van der Waals surface area contributed by atoms with Gasteiger partial charge in [-0.2, -0.15) is 0 Å². The molecule has 0 atom stereocenters. The van der Waals surface area contributed by atoms with Gasteiger partial charge in [-0.15, -0.1) is 0 Å². The molecule has 0 fully saturated rings. The molecule has 0 amide bonds. The van der Waals surface area contributed by atoms with Crippen molar-refractivity contribution >= 4 is 11.6 Å². The summed E-state index contributed by atoms with van der Waals surface area (Å²) in [5.74, 6) is 1.80. The van der Waals surface area contributed by atoms with Crippen LogP contribution in [0.1, 0.15) is 23.1 Å². The Morgan fingerprint density at radius 1 is 1.06 bits per heavy atom. The summed E-state index contributed by atoms with van der Waals surface area (Å²) < 4.78 is 11.3. The molecule has 2 aliphatic rings. The quantitative estimate of drug-likeness (QED) is 0.898. The molecule has 1 aromatic carbocycles. The molecule has 0 unspecified atom stereocenters. The Hall–Kier alpha value is -0.930. The number of aliphatic hydroxyl groups excluding tert-OH is 1. The molecule has 17 heavy (non-hydrogen) atoms. The van der Waals surface area contributed by atoms with Gasteiger partial charge in [0, 0.05) is 36.1 Å². The van der Waals surface area contributed by atoms with Crippen LogP contribution in [0.2, 0.25) is 5.02 Å². The van der Waals surface area contributed by atoms with E-state index in [-0.39, 0.29) is 6.61 Å². The molecule has 4 heteroatoms. The third kappa shape index (κ3) is 1.69. The molecule has 1 aromatic rings. The Kier molecular flexibility index (Phi) is 2.89. The van der Waals surface area contributed by atoms with E-state index in [1.165, 1.54) is 11.1 Å². The first-order valence-corrected chi connectivity index (χ1v) is 6.43. The molecule has 0 saturated heterocycles. The van der Waals surface area contributed by atoms with Crippen LogP contribution in [-0.4, -0.2) is 24.9 Å². The van der Waals surface area contributed by atoms with E-state index >= 15 is 0 Å². The first-order chi connectivity index (χ1) is 8.33. The highest BCUT2D eigenvalue weighted by atomic mass is 35.5. The van der Waals surface area contributed by atoms with Crippen molar-refractivity contribution < 1.29 is 14.6 Å². The van der Waals surface area contributed by atoms with Crippen molar-refractivity contribution in [3.05, 3.63) is 21.7 Å². The third-order valence-corrected chi connectivity index (χ3v) is 3.83. The van der Waals surface area contributed by atoms with Crippen LogP contribution in [0.4, 0.5) is 0 Å². The highest BCUT2D eigenvalue weighted by Gasteiger charge is 2.30. The fourth-order valence-corrected chi connectivity index (χ4v) is 3.02. The molecule has 0 spiro atoms. The van der Waals surface area contributed by atoms with Gasteiger partial charge in [0.25, 0.3) is 0 Å². The van der Waals surface area contributed by atoms with Crippen molar-refractivity contribution in [3.63, 3.8) is 0 Å². The van der Waals surface area contributed by atoms with Crippen LogP contribution in [0.3, 0.4) is 0 Å². The molecule has 0 bridgehead atoms. The molecule has 0 radical (unpaired) electrons. The molecule has 2 aliphatic heterocycles. The maximum atomic E-state index is 8.98. The van der Waals surface area contributed by atoms with Crippen molar-refractivity contribution in [1.82, 2.24) is 0 Å². The van der Waals surface area contributed by atoms with Gasteiger partial charge in [0.15, 0.2) is 0 Å². The summed E-state index contributed by atoms with van der Waals surface area (Å²) in [5.41, 5.74) is 3.47. The number of ether oxygens (including phenoxy) is 2. The van der Waals surface area contributed by atoms with Gasteiger partial charge in [-0.05, 0) is 12.8 Å². The summed E-state index contributed by atoms with van der Waals surface area (Å²) in [7, 11) is 0. The minimum atomic E-state index is 0.201. The lowest BCUT2D eigenvalue weighted by atomic mass is 9.96. The number of benzene rings is 1. The first kappa shape index (κ1) is 11.2. The van der Waals surface area contributed by atoms with E-state index in [0.29, 0.717) is 13.2 Å². The number of hydrogen-bond donors (Lipinski definition) is 1. The fraction of sp³-hybridized carbons (Fsp3) is 0.538. The monoisotopic (exact) mass is 254 g/mol. The van der Waals surface area contributed by atoms with Gasteiger partial charge in [0.05, 0.1) is 18.2 Å². The molecule has 3 rings (SSSR count). The lowest BCUT2D eigenvalue weighted by Gasteiger charge is -2.14. The molecule has 0 aliphatic carbocycles. The zero-order chi connectivity index (χ0) is 11.8. The molecule has 2 heterocycles. The van der Waals surface area contributed by atoms with E-state index in [2.05, 4.69) is 0 Å². The van der Waals surface area contributed by atoms with E-state index in [9.17, 15) is 0 Å². The minimum absolute atomic E-state index is 0.201. The van der Waals surface area contributed by atoms with Gasteiger partial charge >= 0.3 is 0 Å². The van der Waals surface area contributed by atoms with Crippen LogP contribution >= 0.6 is 11.6 Å². The molecule has 92 valence electrons. The Balaban J connectivity index is 2.12. The van der Waals surface area contributed by atoms with Gasteiger partial charge in [-0.25, -0.2) is 0 Å². The molecule has 0 aromatic heterocycles.